The molecule has 0 saturated carbocycles. The molecule has 0 radical (unpaired) electrons. The highest BCUT2D eigenvalue weighted by Crippen LogP contribution is 2.35. The predicted octanol–water partition coefficient (Wildman–Crippen LogP) is 5.31. The molecule has 40 heavy (non-hydrogen) atoms. The average Bonchev–Trinajstić information content (AvgIpc) is 3.65. The molecule has 0 aliphatic carbocycles. The Morgan fingerprint density at radius 2 is 1.93 bits per heavy atom. The predicted molar refractivity (Wildman–Crippen MR) is 156 cm³/mol. The van der Waals surface area contributed by atoms with Crippen LogP contribution >= 0.6 is 36.4 Å². The summed E-state index contributed by atoms with van der Waals surface area (Å²) in [5.74, 6) is -1.67. The molecule has 1 aromatic heterocycles. The third kappa shape index (κ3) is 7.05. The Hall–Kier alpha value is -2.47. The van der Waals surface area contributed by atoms with Gasteiger partial charge in [0.2, 0.25) is 0 Å². The zero-order valence-corrected chi connectivity index (χ0v) is 24.3. The molecule has 13 heteroatoms. The molecule has 3 N–H and O–H groups in total. The number of halogens is 5. The summed E-state index contributed by atoms with van der Waals surface area (Å²) in [7, 11) is 1.63. The van der Waals surface area contributed by atoms with Crippen molar-refractivity contribution in [2.45, 2.75) is 30.8 Å². The minimum absolute atomic E-state index is 0. The molecule has 2 fully saturated rings. The minimum Gasteiger partial charge on any atom is -0.383 e. The molecule has 2 amide bonds. The third-order valence-electron chi connectivity index (χ3n) is 7.17. The van der Waals surface area contributed by atoms with E-state index < -0.39 is 17.7 Å². The van der Waals surface area contributed by atoms with Crippen LogP contribution in [0.15, 0.2) is 48.5 Å². The van der Waals surface area contributed by atoms with Crippen LogP contribution in [0.1, 0.15) is 36.1 Å². The number of rotatable bonds is 8. The van der Waals surface area contributed by atoms with Gasteiger partial charge in [0.1, 0.15) is 10.7 Å². The lowest BCUT2D eigenvalue weighted by atomic mass is 9.94. The van der Waals surface area contributed by atoms with E-state index in [1.807, 2.05) is 30.3 Å². The van der Waals surface area contributed by atoms with Gasteiger partial charge in [-0.05, 0) is 49.2 Å². The lowest BCUT2D eigenvalue weighted by Gasteiger charge is -2.21. The van der Waals surface area contributed by atoms with Gasteiger partial charge in [-0.2, -0.15) is 5.10 Å². The monoisotopic (exact) mass is 616 g/mol. The normalized spacial score (nSPS) is 20.6. The number of anilines is 1. The second kappa shape index (κ2) is 14.4. The van der Waals surface area contributed by atoms with Gasteiger partial charge in [0, 0.05) is 32.7 Å². The van der Waals surface area contributed by atoms with Gasteiger partial charge >= 0.3 is 6.03 Å². The number of carbonyl (C=O) groups is 1. The zero-order valence-electron chi connectivity index (χ0n) is 21.9. The largest absolute Gasteiger partial charge is 0.383 e. The maximum absolute atomic E-state index is 14.1. The number of amides is 2. The summed E-state index contributed by atoms with van der Waals surface area (Å²) in [6, 6.07) is 12.6. The Kier molecular flexibility index (Phi) is 11.6. The highest BCUT2D eigenvalue weighted by atomic mass is 35.5. The van der Waals surface area contributed by atoms with Crippen LogP contribution < -0.4 is 16.0 Å². The Morgan fingerprint density at radius 3 is 2.60 bits per heavy atom. The van der Waals surface area contributed by atoms with Crippen molar-refractivity contribution in [1.29, 1.82) is 0 Å². The molecule has 1 unspecified atom stereocenters. The lowest BCUT2D eigenvalue weighted by Crippen LogP contribution is -2.42. The van der Waals surface area contributed by atoms with E-state index >= 15 is 0 Å². The average molecular weight is 618 g/mol. The Labute approximate surface area is 249 Å². The summed E-state index contributed by atoms with van der Waals surface area (Å²) in [4.78, 5) is 15.5. The smallest absolute Gasteiger partial charge is 0.320 e. The molecule has 2 aromatic carbocycles. The molecule has 0 spiro atoms. The fourth-order valence-electron chi connectivity index (χ4n) is 5.25. The molecule has 0 bridgehead atoms. The van der Waals surface area contributed by atoms with Gasteiger partial charge in [0.25, 0.3) is 0 Å². The summed E-state index contributed by atoms with van der Waals surface area (Å²) in [5, 5.41) is 14.5. The van der Waals surface area contributed by atoms with Crippen LogP contribution in [0.3, 0.4) is 0 Å². The van der Waals surface area contributed by atoms with E-state index in [2.05, 4.69) is 20.9 Å². The molecule has 5 rings (SSSR count). The molecule has 2 aliphatic heterocycles. The fourth-order valence-corrected chi connectivity index (χ4v) is 5.54. The van der Waals surface area contributed by atoms with Gasteiger partial charge in [0.15, 0.2) is 17.5 Å². The van der Waals surface area contributed by atoms with E-state index in [-0.39, 0.29) is 42.8 Å². The number of nitrogens with one attached hydrogen (secondary N) is 3. The highest BCUT2D eigenvalue weighted by Gasteiger charge is 2.36. The van der Waals surface area contributed by atoms with Crippen molar-refractivity contribution < 1.29 is 18.3 Å². The molecule has 3 aromatic rings. The minimum atomic E-state index is -0.910. The van der Waals surface area contributed by atoms with Crippen molar-refractivity contribution in [2.75, 3.05) is 45.2 Å². The summed E-state index contributed by atoms with van der Waals surface area (Å²) in [5.41, 5.74) is 2.07. The van der Waals surface area contributed by atoms with Crippen molar-refractivity contribution in [1.82, 2.24) is 25.3 Å². The van der Waals surface area contributed by atoms with Crippen LogP contribution in [0.4, 0.5) is 19.4 Å². The van der Waals surface area contributed by atoms with Crippen LogP contribution in [-0.2, 0) is 4.74 Å². The maximum atomic E-state index is 14.1. The van der Waals surface area contributed by atoms with Crippen LogP contribution in [0.5, 0.6) is 0 Å². The number of aromatic nitrogens is 2. The van der Waals surface area contributed by atoms with Gasteiger partial charge in [-0.3, -0.25) is 10.2 Å². The Balaban J connectivity index is 0.00000220. The van der Waals surface area contributed by atoms with Crippen LogP contribution in [0, 0.1) is 11.6 Å². The van der Waals surface area contributed by atoms with Gasteiger partial charge in [-0.25, -0.2) is 18.3 Å². The number of para-hydroxylation sites is 1. The van der Waals surface area contributed by atoms with Crippen molar-refractivity contribution in [2.24, 2.45) is 0 Å². The lowest BCUT2D eigenvalue weighted by molar-refractivity contribution is 0.159. The first-order valence-electron chi connectivity index (χ1n) is 12.8. The second-order valence-corrected chi connectivity index (χ2v) is 10.1. The number of benzene rings is 2. The molecule has 3 atom stereocenters. The molecule has 218 valence electrons. The van der Waals surface area contributed by atoms with Crippen LogP contribution in [0.2, 0.25) is 5.02 Å². The number of likely N-dealkylation sites (tertiary alicyclic amines) is 1. The molecule has 2 saturated heterocycles. The first kappa shape index (κ1) is 32.0. The second-order valence-electron chi connectivity index (χ2n) is 9.68. The molecule has 3 heterocycles. The van der Waals surface area contributed by atoms with Gasteiger partial charge in [-0.15, -0.1) is 24.8 Å². The summed E-state index contributed by atoms with van der Waals surface area (Å²) in [6.07, 6.45) is 1.93. The van der Waals surface area contributed by atoms with E-state index in [0.29, 0.717) is 48.3 Å². The van der Waals surface area contributed by atoms with Crippen molar-refractivity contribution in [3.05, 3.63) is 76.4 Å². The third-order valence-corrected chi connectivity index (χ3v) is 7.54. The number of methoxy groups -OCH3 is 1. The van der Waals surface area contributed by atoms with E-state index in [1.54, 1.807) is 17.9 Å². The van der Waals surface area contributed by atoms with Gasteiger partial charge < -0.3 is 15.4 Å². The molecular weight excluding hydrogens is 585 g/mol. The number of urea groups is 1. The topological polar surface area (TPSA) is 83.4 Å². The SMILES string of the molecule is COCCN1C[C@@H](NC(=O)Nc2c(Cl)c(C3CCCN3)nn2-c2ccccc2)[C@H](c2ccc(F)c(F)c2)C1.Cl.Cl. The number of hydrogen-bond acceptors (Lipinski definition) is 5. The maximum Gasteiger partial charge on any atom is 0.320 e. The summed E-state index contributed by atoms with van der Waals surface area (Å²) < 4.78 is 34.5. The molecular formula is C27H33Cl3F2N6O2. The van der Waals surface area contributed by atoms with Gasteiger partial charge in [0.05, 0.1) is 24.4 Å². The van der Waals surface area contributed by atoms with E-state index in [0.717, 1.165) is 31.1 Å². The van der Waals surface area contributed by atoms with Crippen LogP contribution in [-0.4, -0.2) is 66.6 Å². The van der Waals surface area contributed by atoms with Crippen molar-refractivity contribution in [3.8, 4) is 5.69 Å². The first-order chi connectivity index (χ1) is 18.4. The van der Waals surface area contributed by atoms with E-state index in [4.69, 9.17) is 21.4 Å². The summed E-state index contributed by atoms with van der Waals surface area (Å²) in [6.45, 7) is 3.16. The van der Waals surface area contributed by atoms with Crippen molar-refractivity contribution >= 4 is 48.3 Å². The highest BCUT2D eigenvalue weighted by molar-refractivity contribution is 6.34. The van der Waals surface area contributed by atoms with Crippen LogP contribution in [0.25, 0.3) is 5.69 Å². The quantitative estimate of drug-likeness (QED) is 0.319. The molecule has 2 aliphatic rings. The molecule has 8 nitrogen and oxygen atoms in total. The standard InChI is InChI=1S/C27H31ClF2N6O2.2ClH/c1-38-13-12-35-15-19(17-9-10-20(29)21(30)14-17)23(16-35)32-27(37)33-26-24(28)25(22-8-5-11-31-22)34-36(26)18-6-3-2-4-7-18;;/h2-4,6-7,9-10,14,19,22-23,31H,5,8,11-13,15-16H2,1H3,(H2,32,33,37);2*1H/t19-,22?,23+;;/m0../s1. The Bertz CT molecular complexity index is 1280. The number of hydrogen-bond donors (Lipinski definition) is 3. The summed E-state index contributed by atoms with van der Waals surface area (Å²) >= 11 is 6.79. The van der Waals surface area contributed by atoms with E-state index in [1.165, 1.54) is 6.07 Å². The number of ether oxygens (including phenoxy) is 1. The Morgan fingerprint density at radius 1 is 1.15 bits per heavy atom. The first-order valence-corrected chi connectivity index (χ1v) is 13.1. The van der Waals surface area contributed by atoms with Gasteiger partial charge in [-0.1, -0.05) is 35.9 Å². The van der Waals surface area contributed by atoms with Crippen molar-refractivity contribution in [3.63, 3.8) is 0 Å². The number of carbonyl (C=O) groups excluding carboxylic acids is 1. The zero-order chi connectivity index (χ0) is 26.6. The fraction of sp³-hybridized carbons (Fsp3) is 0.407. The van der Waals surface area contributed by atoms with E-state index in [9.17, 15) is 13.6 Å². The number of nitrogens with zero attached hydrogens (tertiary/aromatic N) is 3.